The molecule has 1 unspecified atom stereocenters. The van der Waals surface area contributed by atoms with Gasteiger partial charge in [-0.1, -0.05) is 0 Å². The standard InChI is InChI=1S/C15H20N2O4/c1-19-12-6-11(7-13-14(12)21-5-4-20-13)15(18)17-3-2-10(8-16)9-17/h6-7,10H,2-5,8-9,16H2,1H3. The number of rotatable bonds is 3. The van der Waals surface area contributed by atoms with Gasteiger partial charge >= 0.3 is 0 Å². The van der Waals surface area contributed by atoms with Crippen molar-refractivity contribution < 1.29 is 19.0 Å². The van der Waals surface area contributed by atoms with E-state index in [1.807, 2.05) is 4.90 Å². The van der Waals surface area contributed by atoms with E-state index in [1.165, 1.54) is 0 Å². The lowest BCUT2D eigenvalue weighted by atomic mass is 10.1. The molecule has 2 N–H and O–H groups in total. The molecule has 1 aromatic carbocycles. The summed E-state index contributed by atoms with van der Waals surface area (Å²) >= 11 is 0. The van der Waals surface area contributed by atoms with Crippen LogP contribution in [0.1, 0.15) is 16.8 Å². The van der Waals surface area contributed by atoms with E-state index in [2.05, 4.69) is 0 Å². The zero-order valence-corrected chi connectivity index (χ0v) is 12.1. The van der Waals surface area contributed by atoms with Crippen molar-refractivity contribution in [3.63, 3.8) is 0 Å². The van der Waals surface area contributed by atoms with Gasteiger partial charge in [0.25, 0.3) is 5.91 Å². The van der Waals surface area contributed by atoms with Crippen LogP contribution >= 0.6 is 0 Å². The molecule has 2 aliphatic heterocycles. The number of hydrogen-bond donors (Lipinski definition) is 1. The summed E-state index contributed by atoms with van der Waals surface area (Å²) in [4.78, 5) is 14.4. The van der Waals surface area contributed by atoms with E-state index in [0.717, 1.165) is 13.0 Å². The maximum Gasteiger partial charge on any atom is 0.254 e. The van der Waals surface area contributed by atoms with Crippen LogP contribution in [-0.4, -0.2) is 50.8 Å². The lowest BCUT2D eigenvalue weighted by Crippen LogP contribution is -2.30. The summed E-state index contributed by atoms with van der Waals surface area (Å²) in [5.41, 5.74) is 6.24. The van der Waals surface area contributed by atoms with E-state index >= 15 is 0 Å². The van der Waals surface area contributed by atoms with Crippen LogP contribution < -0.4 is 19.9 Å². The van der Waals surface area contributed by atoms with Gasteiger partial charge in [-0.15, -0.1) is 0 Å². The van der Waals surface area contributed by atoms with Gasteiger partial charge in [-0.2, -0.15) is 0 Å². The Hall–Kier alpha value is -1.95. The highest BCUT2D eigenvalue weighted by molar-refractivity contribution is 5.95. The normalized spacial score (nSPS) is 20.5. The van der Waals surface area contributed by atoms with Gasteiger partial charge in [-0.05, 0) is 31.0 Å². The number of nitrogens with zero attached hydrogens (tertiary/aromatic N) is 1. The largest absolute Gasteiger partial charge is 0.493 e. The topological polar surface area (TPSA) is 74.0 Å². The van der Waals surface area contributed by atoms with Crippen molar-refractivity contribution in [2.45, 2.75) is 6.42 Å². The van der Waals surface area contributed by atoms with E-state index < -0.39 is 0 Å². The first-order valence-electron chi connectivity index (χ1n) is 7.20. The van der Waals surface area contributed by atoms with Crippen molar-refractivity contribution in [3.8, 4) is 17.2 Å². The number of hydrogen-bond acceptors (Lipinski definition) is 5. The summed E-state index contributed by atoms with van der Waals surface area (Å²) in [6.45, 7) is 3.05. The molecular formula is C15H20N2O4. The first kappa shape index (κ1) is 14.0. The smallest absolute Gasteiger partial charge is 0.254 e. The van der Waals surface area contributed by atoms with Crippen LogP contribution in [0.3, 0.4) is 0 Å². The zero-order chi connectivity index (χ0) is 14.8. The number of carbonyl (C=O) groups is 1. The van der Waals surface area contributed by atoms with E-state index in [-0.39, 0.29) is 5.91 Å². The third-order valence-electron chi connectivity index (χ3n) is 3.98. The molecule has 0 saturated carbocycles. The van der Waals surface area contributed by atoms with E-state index in [1.54, 1.807) is 19.2 Å². The fourth-order valence-corrected chi connectivity index (χ4v) is 2.79. The van der Waals surface area contributed by atoms with E-state index in [4.69, 9.17) is 19.9 Å². The Kier molecular flexibility index (Phi) is 3.88. The summed E-state index contributed by atoms with van der Waals surface area (Å²) in [5, 5.41) is 0. The maximum atomic E-state index is 12.6. The van der Waals surface area contributed by atoms with Crippen molar-refractivity contribution in [3.05, 3.63) is 17.7 Å². The van der Waals surface area contributed by atoms with Crippen LogP contribution in [0, 0.1) is 5.92 Å². The quantitative estimate of drug-likeness (QED) is 0.895. The van der Waals surface area contributed by atoms with Gasteiger partial charge < -0.3 is 24.8 Å². The van der Waals surface area contributed by atoms with Gasteiger partial charge in [-0.25, -0.2) is 0 Å². The molecule has 0 aromatic heterocycles. The molecule has 0 radical (unpaired) electrons. The first-order chi connectivity index (χ1) is 10.2. The molecular weight excluding hydrogens is 272 g/mol. The molecule has 6 nitrogen and oxygen atoms in total. The molecule has 1 fully saturated rings. The number of fused-ring (bicyclic) bond motifs is 1. The van der Waals surface area contributed by atoms with Crippen molar-refractivity contribution in [2.24, 2.45) is 11.7 Å². The molecule has 0 aliphatic carbocycles. The average molecular weight is 292 g/mol. The summed E-state index contributed by atoms with van der Waals surface area (Å²) in [6, 6.07) is 3.45. The monoisotopic (exact) mass is 292 g/mol. The second-order valence-corrected chi connectivity index (χ2v) is 5.34. The second kappa shape index (κ2) is 5.81. The molecule has 21 heavy (non-hydrogen) atoms. The van der Waals surface area contributed by atoms with Gasteiger partial charge in [0.15, 0.2) is 11.5 Å². The van der Waals surface area contributed by atoms with Gasteiger partial charge in [0.05, 0.1) is 7.11 Å². The third kappa shape index (κ3) is 2.63. The Morgan fingerprint density at radius 2 is 2.24 bits per heavy atom. The van der Waals surface area contributed by atoms with Gasteiger partial charge in [0.2, 0.25) is 5.75 Å². The number of nitrogens with two attached hydrogens (primary N) is 1. The molecule has 3 rings (SSSR count). The summed E-state index contributed by atoms with van der Waals surface area (Å²) < 4.78 is 16.4. The van der Waals surface area contributed by atoms with Crippen LogP contribution in [0.4, 0.5) is 0 Å². The summed E-state index contributed by atoms with van der Waals surface area (Å²) in [7, 11) is 1.56. The van der Waals surface area contributed by atoms with Gasteiger partial charge in [-0.3, -0.25) is 4.79 Å². The molecule has 114 valence electrons. The fourth-order valence-electron chi connectivity index (χ4n) is 2.79. The highest BCUT2D eigenvalue weighted by atomic mass is 16.6. The first-order valence-corrected chi connectivity index (χ1v) is 7.20. The van der Waals surface area contributed by atoms with Gasteiger partial charge in [0.1, 0.15) is 13.2 Å². The number of methoxy groups -OCH3 is 1. The van der Waals surface area contributed by atoms with Crippen molar-refractivity contribution in [2.75, 3.05) is 40.0 Å². The van der Waals surface area contributed by atoms with E-state index in [0.29, 0.717) is 55.0 Å². The summed E-state index contributed by atoms with van der Waals surface area (Å²) in [5.74, 6) is 2.06. The van der Waals surface area contributed by atoms with Crippen LogP contribution in [0.25, 0.3) is 0 Å². The Labute approximate surface area is 123 Å². The van der Waals surface area contributed by atoms with Crippen LogP contribution in [0.15, 0.2) is 12.1 Å². The lowest BCUT2D eigenvalue weighted by molar-refractivity contribution is 0.0786. The Bertz CT molecular complexity index is 529. The SMILES string of the molecule is COc1cc(C(=O)N2CCC(CN)C2)cc2c1OCCO2. The third-order valence-corrected chi connectivity index (χ3v) is 3.98. The molecule has 1 aromatic rings. The highest BCUT2D eigenvalue weighted by Gasteiger charge is 2.28. The Balaban J connectivity index is 1.86. The molecule has 0 spiro atoms. The van der Waals surface area contributed by atoms with Crippen molar-refractivity contribution >= 4 is 5.91 Å². The second-order valence-electron chi connectivity index (χ2n) is 5.34. The number of benzene rings is 1. The van der Waals surface area contributed by atoms with Crippen LogP contribution in [0.5, 0.6) is 17.2 Å². The lowest BCUT2D eigenvalue weighted by Gasteiger charge is -2.22. The zero-order valence-electron chi connectivity index (χ0n) is 12.1. The Morgan fingerprint density at radius 3 is 2.95 bits per heavy atom. The number of carbonyl (C=O) groups excluding carboxylic acids is 1. The van der Waals surface area contributed by atoms with Crippen LogP contribution in [0.2, 0.25) is 0 Å². The van der Waals surface area contributed by atoms with Crippen molar-refractivity contribution in [1.82, 2.24) is 4.90 Å². The average Bonchev–Trinajstić information content (AvgIpc) is 3.02. The van der Waals surface area contributed by atoms with Crippen LogP contribution in [-0.2, 0) is 0 Å². The minimum atomic E-state index is -0.0128. The molecule has 0 bridgehead atoms. The van der Waals surface area contributed by atoms with E-state index in [9.17, 15) is 4.79 Å². The summed E-state index contributed by atoms with van der Waals surface area (Å²) in [6.07, 6.45) is 0.962. The Morgan fingerprint density at radius 1 is 1.43 bits per heavy atom. The minimum absolute atomic E-state index is 0.0128. The van der Waals surface area contributed by atoms with Crippen molar-refractivity contribution in [1.29, 1.82) is 0 Å². The number of amides is 1. The van der Waals surface area contributed by atoms with Gasteiger partial charge in [0, 0.05) is 18.7 Å². The molecule has 1 atom stereocenters. The number of likely N-dealkylation sites (tertiary alicyclic amines) is 1. The molecule has 1 amide bonds. The predicted molar refractivity (Wildman–Crippen MR) is 77.0 cm³/mol. The predicted octanol–water partition coefficient (Wildman–Crippen LogP) is 0.887. The fraction of sp³-hybridized carbons (Fsp3) is 0.533. The maximum absolute atomic E-state index is 12.6. The number of ether oxygens (including phenoxy) is 3. The molecule has 1 saturated heterocycles. The highest BCUT2D eigenvalue weighted by Crippen LogP contribution is 2.40. The minimum Gasteiger partial charge on any atom is -0.493 e. The molecule has 6 heteroatoms. The molecule has 2 heterocycles. The molecule has 2 aliphatic rings.